The Kier molecular flexibility index (Phi) is 6.12. The summed E-state index contributed by atoms with van der Waals surface area (Å²) in [7, 11) is 1.60. The predicted molar refractivity (Wildman–Crippen MR) is 102 cm³/mol. The standard InChI is InChI=1S/C21H26N2O3/c1-25-19-8-7-18(15-20(19)26-14-4-11-22)21(24)23-12-9-16-5-2-3-6-17(16)10-13-23/h2-3,5-8,15H,4,9-14,22H2,1H3. The zero-order chi connectivity index (χ0) is 18.4. The molecule has 0 saturated heterocycles. The van der Waals surface area contributed by atoms with Crippen molar-refractivity contribution in [3.63, 3.8) is 0 Å². The summed E-state index contributed by atoms with van der Waals surface area (Å²) in [5, 5.41) is 0. The molecular formula is C21H26N2O3. The lowest BCUT2D eigenvalue weighted by molar-refractivity contribution is 0.0762. The van der Waals surface area contributed by atoms with Gasteiger partial charge in [0.1, 0.15) is 0 Å². The van der Waals surface area contributed by atoms with Crippen LogP contribution in [0.1, 0.15) is 27.9 Å². The van der Waals surface area contributed by atoms with E-state index in [1.807, 2.05) is 4.90 Å². The molecule has 1 heterocycles. The molecule has 0 atom stereocenters. The van der Waals surface area contributed by atoms with Crippen molar-refractivity contribution in [1.29, 1.82) is 0 Å². The van der Waals surface area contributed by atoms with Gasteiger partial charge in [0.25, 0.3) is 5.91 Å². The summed E-state index contributed by atoms with van der Waals surface area (Å²) >= 11 is 0. The number of fused-ring (bicyclic) bond motifs is 1. The monoisotopic (exact) mass is 354 g/mol. The molecule has 5 heteroatoms. The van der Waals surface area contributed by atoms with Crippen molar-refractivity contribution in [2.45, 2.75) is 19.3 Å². The molecule has 0 radical (unpaired) electrons. The molecule has 5 nitrogen and oxygen atoms in total. The molecule has 1 aliphatic rings. The molecule has 26 heavy (non-hydrogen) atoms. The molecule has 0 saturated carbocycles. The smallest absolute Gasteiger partial charge is 0.254 e. The minimum Gasteiger partial charge on any atom is -0.493 e. The van der Waals surface area contributed by atoms with Gasteiger partial charge in [-0.2, -0.15) is 0 Å². The van der Waals surface area contributed by atoms with Crippen LogP contribution in [-0.4, -0.2) is 44.2 Å². The molecule has 3 rings (SSSR count). The molecule has 1 aliphatic heterocycles. The molecule has 0 unspecified atom stereocenters. The zero-order valence-electron chi connectivity index (χ0n) is 15.2. The van der Waals surface area contributed by atoms with E-state index in [2.05, 4.69) is 24.3 Å². The lowest BCUT2D eigenvalue weighted by atomic mass is 10.0. The fraction of sp³-hybridized carbons (Fsp3) is 0.381. The van der Waals surface area contributed by atoms with Crippen LogP contribution in [0, 0.1) is 0 Å². The number of methoxy groups -OCH3 is 1. The normalized spacial score (nSPS) is 13.7. The minimum atomic E-state index is 0.0316. The summed E-state index contributed by atoms with van der Waals surface area (Å²) < 4.78 is 11.1. The molecule has 138 valence electrons. The van der Waals surface area contributed by atoms with Gasteiger partial charge in [0, 0.05) is 18.7 Å². The number of nitrogens with zero attached hydrogens (tertiary/aromatic N) is 1. The number of amides is 1. The Morgan fingerprint density at radius 2 is 1.77 bits per heavy atom. The van der Waals surface area contributed by atoms with E-state index in [0.29, 0.717) is 30.2 Å². The molecular weight excluding hydrogens is 328 g/mol. The van der Waals surface area contributed by atoms with Crippen molar-refractivity contribution < 1.29 is 14.3 Å². The summed E-state index contributed by atoms with van der Waals surface area (Å²) in [6, 6.07) is 13.8. The van der Waals surface area contributed by atoms with E-state index in [4.69, 9.17) is 15.2 Å². The molecule has 1 amide bonds. The number of hydrogen-bond acceptors (Lipinski definition) is 4. The Labute approximate surface area is 154 Å². The van der Waals surface area contributed by atoms with Gasteiger partial charge >= 0.3 is 0 Å². The second kappa shape index (κ2) is 8.72. The lowest BCUT2D eigenvalue weighted by Gasteiger charge is -2.21. The fourth-order valence-corrected chi connectivity index (χ4v) is 3.24. The number of ether oxygens (including phenoxy) is 2. The maximum Gasteiger partial charge on any atom is 0.254 e. The fourth-order valence-electron chi connectivity index (χ4n) is 3.24. The van der Waals surface area contributed by atoms with Crippen LogP contribution < -0.4 is 15.2 Å². The molecule has 0 aliphatic carbocycles. The highest BCUT2D eigenvalue weighted by atomic mass is 16.5. The van der Waals surface area contributed by atoms with Gasteiger partial charge in [-0.1, -0.05) is 24.3 Å². The van der Waals surface area contributed by atoms with Crippen LogP contribution in [0.5, 0.6) is 11.5 Å². The second-order valence-corrected chi connectivity index (χ2v) is 6.42. The number of nitrogens with two attached hydrogens (primary N) is 1. The van der Waals surface area contributed by atoms with E-state index in [1.54, 1.807) is 25.3 Å². The maximum atomic E-state index is 13.0. The summed E-state index contributed by atoms with van der Waals surface area (Å²) in [4.78, 5) is 14.9. The Morgan fingerprint density at radius 1 is 1.08 bits per heavy atom. The van der Waals surface area contributed by atoms with Crippen molar-refractivity contribution >= 4 is 5.91 Å². The predicted octanol–water partition coefficient (Wildman–Crippen LogP) is 2.66. The van der Waals surface area contributed by atoms with Gasteiger partial charge in [0.2, 0.25) is 0 Å². The molecule has 0 aromatic heterocycles. The van der Waals surface area contributed by atoms with Crippen LogP contribution in [0.25, 0.3) is 0 Å². The third kappa shape index (κ3) is 4.17. The summed E-state index contributed by atoms with van der Waals surface area (Å²) in [6.45, 7) is 2.52. The van der Waals surface area contributed by atoms with Gasteiger partial charge in [-0.05, 0) is 55.1 Å². The highest BCUT2D eigenvalue weighted by Gasteiger charge is 2.21. The first-order valence-electron chi connectivity index (χ1n) is 9.10. The van der Waals surface area contributed by atoms with E-state index in [1.165, 1.54) is 11.1 Å². The van der Waals surface area contributed by atoms with Gasteiger partial charge in [0.15, 0.2) is 11.5 Å². The van der Waals surface area contributed by atoms with Gasteiger partial charge in [-0.25, -0.2) is 0 Å². The van der Waals surface area contributed by atoms with Crippen molar-refractivity contribution in [2.75, 3.05) is 33.4 Å². The van der Waals surface area contributed by atoms with Crippen LogP contribution in [0.15, 0.2) is 42.5 Å². The molecule has 2 aromatic carbocycles. The van der Waals surface area contributed by atoms with Crippen LogP contribution in [0.4, 0.5) is 0 Å². The molecule has 2 aromatic rings. The third-order valence-corrected chi connectivity index (χ3v) is 4.72. The zero-order valence-corrected chi connectivity index (χ0v) is 15.2. The van der Waals surface area contributed by atoms with Crippen molar-refractivity contribution in [3.8, 4) is 11.5 Å². The second-order valence-electron chi connectivity index (χ2n) is 6.42. The molecule has 0 spiro atoms. The largest absolute Gasteiger partial charge is 0.493 e. The minimum absolute atomic E-state index is 0.0316. The Balaban J connectivity index is 1.74. The highest BCUT2D eigenvalue weighted by molar-refractivity contribution is 5.95. The van der Waals surface area contributed by atoms with Crippen molar-refractivity contribution in [1.82, 2.24) is 4.90 Å². The summed E-state index contributed by atoms with van der Waals surface area (Å²) in [5.41, 5.74) is 8.82. The highest BCUT2D eigenvalue weighted by Crippen LogP contribution is 2.29. The van der Waals surface area contributed by atoms with E-state index in [-0.39, 0.29) is 5.91 Å². The van der Waals surface area contributed by atoms with Crippen molar-refractivity contribution in [2.24, 2.45) is 5.73 Å². The number of carbonyl (C=O) groups is 1. The Bertz CT molecular complexity index is 734. The summed E-state index contributed by atoms with van der Waals surface area (Å²) in [6.07, 6.45) is 2.53. The van der Waals surface area contributed by atoms with Crippen LogP contribution in [-0.2, 0) is 12.8 Å². The molecule has 0 fully saturated rings. The number of carbonyl (C=O) groups excluding carboxylic acids is 1. The van der Waals surface area contributed by atoms with E-state index >= 15 is 0 Å². The first kappa shape index (κ1) is 18.3. The Morgan fingerprint density at radius 3 is 2.38 bits per heavy atom. The van der Waals surface area contributed by atoms with Gasteiger partial charge in [0.05, 0.1) is 13.7 Å². The first-order chi connectivity index (χ1) is 12.7. The molecule has 0 bridgehead atoms. The van der Waals surface area contributed by atoms with Gasteiger partial charge in [-0.15, -0.1) is 0 Å². The molecule has 2 N–H and O–H groups in total. The van der Waals surface area contributed by atoms with E-state index in [9.17, 15) is 4.79 Å². The average molecular weight is 354 g/mol. The maximum absolute atomic E-state index is 13.0. The van der Waals surface area contributed by atoms with Crippen LogP contribution in [0.3, 0.4) is 0 Å². The van der Waals surface area contributed by atoms with Crippen molar-refractivity contribution in [3.05, 3.63) is 59.2 Å². The third-order valence-electron chi connectivity index (χ3n) is 4.72. The first-order valence-corrected chi connectivity index (χ1v) is 9.10. The van der Waals surface area contributed by atoms with Crippen LogP contribution in [0.2, 0.25) is 0 Å². The quantitative estimate of drug-likeness (QED) is 0.810. The number of benzene rings is 2. The van der Waals surface area contributed by atoms with E-state index < -0.39 is 0 Å². The Hall–Kier alpha value is -2.53. The number of rotatable bonds is 6. The average Bonchev–Trinajstić information content (AvgIpc) is 2.90. The number of hydrogen-bond donors (Lipinski definition) is 1. The van der Waals surface area contributed by atoms with Gasteiger partial charge in [-0.3, -0.25) is 4.79 Å². The lowest BCUT2D eigenvalue weighted by Crippen LogP contribution is -2.33. The van der Waals surface area contributed by atoms with E-state index in [0.717, 1.165) is 32.4 Å². The van der Waals surface area contributed by atoms with Crippen LogP contribution >= 0.6 is 0 Å². The SMILES string of the molecule is COc1ccc(C(=O)N2CCc3ccccc3CC2)cc1OCCCN. The van der Waals surface area contributed by atoms with Gasteiger partial charge < -0.3 is 20.1 Å². The topological polar surface area (TPSA) is 64.8 Å². The summed E-state index contributed by atoms with van der Waals surface area (Å²) in [5.74, 6) is 1.25.